The molecule has 0 radical (unpaired) electrons. The van der Waals surface area contributed by atoms with Crippen LogP contribution < -0.4 is 10.6 Å². The molecule has 0 saturated carbocycles. The van der Waals surface area contributed by atoms with E-state index in [0.717, 1.165) is 12.8 Å². The van der Waals surface area contributed by atoms with Crippen LogP contribution in [0.4, 0.5) is 11.4 Å². The first kappa shape index (κ1) is 15.0. The van der Waals surface area contributed by atoms with Crippen molar-refractivity contribution in [3.63, 3.8) is 0 Å². The highest BCUT2D eigenvalue weighted by Crippen LogP contribution is 2.35. The van der Waals surface area contributed by atoms with Crippen molar-refractivity contribution in [1.82, 2.24) is 0 Å². The highest BCUT2D eigenvalue weighted by atomic mass is 35.5. The molecule has 1 aliphatic rings. The Balaban J connectivity index is 2.34. The van der Waals surface area contributed by atoms with Crippen LogP contribution in [0.15, 0.2) is 18.2 Å². The number of hydrogen-bond acceptors (Lipinski definition) is 5. The molecular weight excluding hydrogens is 282 g/mol. The molecular formula is C13H18ClN3O3. The summed E-state index contributed by atoms with van der Waals surface area (Å²) in [6, 6.07) is 4.62. The number of halogens is 1. The molecule has 110 valence electrons. The van der Waals surface area contributed by atoms with Crippen LogP contribution in [-0.2, 0) is 4.74 Å². The smallest absolute Gasteiger partial charge is 0.292 e. The average Bonchev–Trinajstić information content (AvgIpc) is 2.46. The van der Waals surface area contributed by atoms with E-state index in [1.807, 2.05) is 4.90 Å². The minimum Gasteiger partial charge on any atom is -0.381 e. The molecule has 2 rings (SSSR count). The fraction of sp³-hybridized carbons (Fsp3) is 0.538. The Hall–Kier alpha value is -1.37. The van der Waals surface area contributed by atoms with E-state index in [2.05, 4.69) is 0 Å². The third kappa shape index (κ3) is 3.03. The van der Waals surface area contributed by atoms with Crippen LogP contribution in [0.25, 0.3) is 0 Å². The summed E-state index contributed by atoms with van der Waals surface area (Å²) >= 11 is 5.98. The maximum atomic E-state index is 11.2. The summed E-state index contributed by atoms with van der Waals surface area (Å²) in [4.78, 5) is 12.8. The average molecular weight is 300 g/mol. The van der Waals surface area contributed by atoms with Gasteiger partial charge in [-0.1, -0.05) is 11.6 Å². The monoisotopic (exact) mass is 299 g/mol. The molecule has 2 atom stereocenters. The van der Waals surface area contributed by atoms with Gasteiger partial charge in [-0.15, -0.1) is 0 Å². The van der Waals surface area contributed by atoms with Gasteiger partial charge in [0.1, 0.15) is 5.69 Å². The van der Waals surface area contributed by atoms with Crippen LogP contribution in [0.3, 0.4) is 0 Å². The second-order valence-corrected chi connectivity index (χ2v) is 5.29. The van der Waals surface area contributed by atoms with E-state index in [4.69, 9.17) is 22.1 Å². The second-order valence-electron chi connectivity index (χ2n) is 4.86. The number of nitro groups is 1. The van der Waals surface area contributed by atoms with E-state index in [1.54, 1.807) is 13.2 Å². The number of benzene rings is 1. The van der Waals surface area contributed by atoms with Crippen molar-refractivity contribution < 1.29 is 9.66 Å². The predicted octanol–water partition coefficient (Wildman–Crippen LogP) is 2.19. The summed E-state index contributed by atoms with van der Waals surface area (Å²) < 4.78 is 5.37. The third-order valence-electron chi connectivity index (χ3n) is 3.72. The number of hydrogen-bond donors (Lipinski definition) is 1. The zero-order chi connectivity index (χ0) is 14.7. The van der Waals surface area contributed by atoms with Gasteiger partial charge >= 0.3 is 0 Å². The Morgan fingerprint density at radius 3 is 2.95 bits per heavy atom. The Labute approximate surface area is 122 Å². The molecule has 2 unspecified atom stereocenters. The van der Waals surface area contributed by atoms with Crippen LogP contribution in [0.1, 0.15) is 12.8 Å². The summed E-state index contributed by atoms with van der Waals surface area (Å²) in [5, 5.41) is 11.7. The van der Waals surface area contributed by atoms with Crippen LogP contribution in [-0.4, -0.2) is 37.3 Å². The molecule has 1 fully saturated rings. The van der Waals surface area contributed by atoms with E-state index >= 15 is 0 Å². The highest BCUT2D eigenvalue weighted by Gasteiger charge is 2.31. The number of nitro benzene ring substituents is 1. The molecule has 0 aromatic heterocycles. The molecule has 2 N–H and O–H groups in total. The number of anilines is 1. The molecule has 7 heteroatoms. The number of piperidine rings is 1. The highest BCUT2D eigenvalue weighted by molar-refractivity contribution is 6.31. The van der Waals surface area contributed by atoms with Gasteiger partial charge in [-0.05, 0) is 25.0 Å². The first-order chi connectivity index (χ1) is 9.56. The molecule has 1 aromatic rings. The van der Waals surface area contributed by atoms with Crippen LogP contribution >= 0.6 is 11.6 Å². The Morgan fingerprint density at radius 1 is 1.60 bits per heavy atom. The number of nitrogens with zero attached hydrogens (tertiary/aromatic N) is 2. The lowest BCUT2D eigenvalue weighted by molar-refractivity contribution is -0.384. The van der Waals surface area contributed by atoms with Gasteiger partial charge in [0.25, 0.3) is 5.69 Å². The van der Waals surface area contributed by atoms with E-state index in [9.17, 15) is 10.1 Å². The summed E-state index contributed by atoms with van der Waals surface area (Å²) in [6.07, 6.45) is 1.73. The van der Waals surface area contributed by atoms with E-state index < -0.39 is 0 Å². The summed E-state index contributed by atoms with van der Waals surface area (Å²) in [5.41, 5.74) is 6.41. The standard InChI is InChI=1S/C13H18ClN3O3/c1-20-11-4-5-16(10(7-11)8-15)13-6-9(14)2-3-12(13)17(18)19/h2-3,6,10-11H,4-5,7-8,15H2,1H3. The number of methoxy groups -OCH3 is 1. The lowest BCUT2D eigenvalue weighted by Gasteiger charge is -2.39. The topological polar surface area (TPSA) is 81.6 Å². The lowest BCUT2D eigenvalue weighted by Crippen LogP contribution is -2.48. The first-order valence-electron chi connectivity index (χ1n) is 6.50. The molecule has 0 bridgehead atoms. The van der Waals surface area contributed by atoms with Crippen molar-refractivity contribution in [3.8, 4) is 0 Å². The fourth-order valence-electron chi connectivity index (χ4n) is 2.65. The fourth-order valence-corrected chi connectivity index (χ4v) is 2.82. The Bertz CT molecular complexity index is 498. The van der Waals surface area contributed by atoms with Gasteiger partial charge in [-0.3, -0.25) is 10.1 Å². The maximum Gasteiger partial charge on any atom is 0.292 e. The van der Waals surface area contributed by atoms with Crippen molar-refractivity contribution >= 4 is 23.0 Å². The normalized spacial score (nSPS) is 22.9. The van der Waals surface area contributed by atoms with E-state index in [0.29, 0.717) is 23.8 Å². The minimum atomic E-state index is -0.387. The summed E-state index contributed by atoms with van der Waals surface area (Å²) in [5.74, 6) is 0. The minimum absolute atomic E-state index is 0.0193. The van der Waals surface area contributed by atoms with E-state index in [-0.39, 0.29) is 22.8 Å². The van der Waals surface area contributed by atoms with Crippen molar-refractivity contribution in [2.24, 2.45) is 5.73 Å². The van der Waals surface area contributed by atoms with Gasteiger partial charge in [0, 0.05) is 37.3 Å². The summed E-state index contributed by atoms with van der Waals surface area (Å²) in [7, 11) is 1.68. The number of rotatable bonds is 4. The number of ether oxygens (including phenoxy) is 1. The van der Waals surface area contributed by atoms with Crippen molar-refractivity contribution in [2.45, 2.75) is 25.0 Å². The summed E-state index contributed by atoms with van der Waals surface area (Å²) in [6.45, 7) is 1.09. The molecule has 6 nitrogen and oxygen atoms in total. The zero-order valence-corrected chi connectivity index (χ0v) is 12.0. The lowest BCUT2D eigenvalue weighted by atomic mass is 9.98. The third-order valence-corrected chi connectivity index (χ3v) is 3.95. The van der Waals surface area contributed by atoms with E-state index in [1.165, 1.54) is 12.1 Å². The molecule has 1 aromatic carbocycles. The van der Waals surface area contributed by atoms with Gasteiger partial charge < -0.3 is 15.4 Å². The molecule has 1 saturated heterocycles. The molecule has 0 aliphatic carbocycles. The van der Waals surface area contributed by atoms with Crippen LogP contribution in [0.5, 0.6) is 0 Å². The molecule has 20 heavy (non-hydrogen) atoms. The van der Waals surface area contributed by atoms with Gasteiger partial charge in [0.15, 0.2) is 0 Å². The predicted molar refractivity (Wildman–Crippen MR) is 78.3 cm³/mol. The van der Waals surface area contributed by atoms with Gasteiger partial charge in [0.2, 0.25) is 0 Å². The van der Waals surface area contributed by atoms with Crippen LogP contribution in [0, 0.1) is 10.1 Å². The molecule has 0 amide bonds. The largest absolute Gasteiger partial charge is 0.381 e. The van der Waals surface area contributed by atoms with Crippen molar-refractivity contribution in [1.29, 1.82) is 0 Å². The maximum absolute atomic E-state index is 11.2. The first-order valence-corrected chi connectivity index (χ1v) is 6.88. The van der Waals surface area contributed by atoms with Crippen molar-refractivity contribution in [3.05, 3.63) is 33.3 Å². The van der Waals surface area contributed by atoms with Crippen LogP contribution in [0.2, 0.25) is 5.02 Å². The number of nitrogens with two attached hydrogens (primary N) is 1. The zero-order valence-electron chi connectivity index (χ0n) is 11.3. The molecule has 1 aliphatic heterocycles. The second kappa shape index (κ2) is 6.39. The molecule has 1 heterocycles. The van der Waals surface area contributed by atoms with Gasteiger partial charge in [-0.25, -0.2) is 0 Å². The van der Waals surface area contributed by atoms with Gasteiger partial charge in [0.05, 0.1) is 11.0 Å². The SMILES string of the molecule is COC1CCN(c2cc(Cl)ccc2[N+](=O)[O-])C(CN)C1. The quantitative estimate of drug-likeness (QED) is 0.681. The Kier molecular flexibility index (Phi) is 4.80. The Morgan fingerprint density at radius 2 is 2.35 bits per heavy atom. The van der Waals surface area contributed by atoms with Crippen molar-refractivity contribution in [2.75, 3.05) is 25.1 Å². The van der Waals surface area contributed by atoms with Gasteiger partial charge in [-0.2, -0.15) is 0 Å². The molecule has 0 spiro atoms.